The Hall–Kier alpha value is -4.74. The summed E-state index contributed by atoms with van der Waals surface area (Å²) in [6, 6.07) is 10.1. The van der Waals surface area contributed by atoms with Crippen molar-refractivity contribution in [2.45, 2.75) is 45.9 Å². The molecule has 40 heavy (non-hydrogen) atoms. The monoisotopic (exact) mass is 551 g/mol. The summed E-state index contributed by atoms with van der Waals surface area (Å²) in [5.74, 6) is -2.12. The number of carbonyl (C=O) groups excluding carboxylic acids is 3. The van der Waals surface area contributed by atoms with E-state index in [1.165, 1.54) is 37.3 Å². The lowest BCUT2D eigenvalue weighted by molar-refractivity contribution is -0.0498. The lowest BCUT2D eigenvalue weighted by atomic mass is 9.96. The molecule has 0 fully saturated rings. The van der Waals surface area contributed by atoms with Crippen LogP contribution in [0.3, 0.4) is 0 Å². The molecule has 2 heterocycles. The van der Waals surface area contributed by atoms with Crippen LogP contribution in [0.5, 0.6) is 5.75 Å². The number of nitrogens with zero attached hydrogens (tertiary/aromatic N) is 3. The highest BCUT2D eigenvalue weighted by Crippen LogP contribution is 2.35. The number of halogens is 3. The predicted molar refractivity (Wildman–Crippen MR) is 137 cm³/mol. The van der Waals surface area contributed by atoms with Crippen LogP contribution in [-0.4, -0.2) is 38.8 Å². The Balaban J connectivity index is 1.36. The number of rotatable bonds is 8. The molecule has 1 aliphatic carbocycles. The van der Waals surface area contributed by atoms with E-state index in [4.69, 9.17) is 0 Å². The molecule has 2 aromatic carbocycles. The van der Waals surface area contributed by atoms with Gasteiger partial charge in [0.2, 0.25) is 0 Å². The van der Waals surface area contributed by atoms with Gasteiger partial charge in [0, 0.05) is 18.2 Å². The Morgan fingerprint density at radius 1 is 1.12 bits per heavy atom. The van der Waals surface area contributed by atoms with E-state index in [9.17, 15) is 27.6 Å². The minimum atomic E-state index is -2.95. The van der Waals surface area contributed by atoms with Gasteiger partial charge in [0.1, 0.15) is 17.1 Å². The van der Waals surface area contributed by atoms with Crippen molar-refractivity contribution in [3.8, 4) is 5.75 Å². The molecule has 0 saturated heterocycles. The van der Waals surface area contributed by atoms with Crippen molar-refractivity contribution < 1.29 is 32.3 Å². The first-order chi connectivity index (χ1) is 19.1. The van der Waals surface area contributed by atoms with Crippen LogP contribution >= 0.6 is 0 Å². The summed E-state index contributed by atoms with van der Waals surface area (Å²) >= 11 is 0. The molecule has 5 rings (SSSR count). The molecule has 4 aromatic rings. The number of alkyl halides is 2. The lowest BCUT2D eigenvalue weighted by Gasteiger charge is -2.16. The molecular formula is C28H24F3N5O4. The van der Waals surface area contributed by atoms with Crippen molar-refractivity contribution in [3.63, 3.8) is 0 Å². The molecule has 0 unspecified atom stereocenters. The molecule has 9 nitrogen and oxygen atoms in total. The molecule has 0 radical (unpaired) electrons. The van der Waals surface area contributed by atoms with E-state index in [0.29, 0.717) is 24.0 Å². The zero-order valence-corrected chi connectivity index (χ0v) is 21.5. The zero-order valence-electron chi connectivity index (χ0n) is 21.5. The molecule has 0 bridgehead atoms. The summed E-state index contributed by atoms with van der Waals surface area (Å²) in [6.45, 7) is 0.462. The Kier molecular flexibility index (Phi) is 7.24. The summed E-state index contributed by atoms with van der Waals surface area (Å²) in [6.07, 6.45) is 2.19. The van der Waals surface area contributed by atoms with Gasteiger partial charge in [-0.25, -0.2) is 13.9 Å². The number of nitrogens with one attached hydrogen (secondary N) is 2. The Morgan fingerprint density at radius 3 is 2.58 bits per heavy atom. The topological polar surface area (TPSA) is 115 Å². The van der Waals surface area contributed by atoms with Crippen LogP contribution in [-0.2, 0) is 13.0 Å². The second-order valence-corrected chi connectivity index (χ2v) is 9.39. The molecule has 0 aliphatic heterocycles. The van der Waals surface area contributed by atoms with Crippen molar-refractivity contribution in [1.29, 1.82) is 0 Å². The summed E-state index contributed by atoms with van der Waals surface area (Å²) in [4.78, 5) is 42.3. The highest BCUT2D eigenvalue weighted by Gasteiger charge is 2.29. The quantitative estimate of drug-likeness (QED) is 0.315. The van der Waals surface area contributed by atoms with Gasteiger partial charge in [0.15, 0.2) is 17.2 Å². The lowest BCUT2D eigenvalue weighted by Crippen LogP contribution is -2.30. The summed E-state index contributed by atoms with van der Waals surface area (Å²) in [5, 5.41) is 9.47. The SMILES string of the molecule is CC(=O)c1ccc2c(c1C)CC[C@@H]2NC(=O)c1cc(C(=O)NCc2ccc(OC(F)F)cc2)nc2c(F)cnn12. The van der Waals surface area contributed by atoms with Gasteiger partial charge >= 0.3 is 6.61 Å². The zero-order chi connectivity index (χ0) is 28.6. The van der Waals surface area contributed by atoms with E-state index in [-0.39, 0.29) is 41.2 Å². The van der Waals surface area contributed by atoms with Crippen molar-refractivity contribution >= 4 is 23.2 Å². The predicted octanol–water partition coefficient (Wildman–Crippen LogP) is 4.33. The van der Waals surface area contributed by atoms with Crippen LogP contribution in [0.1, 0.15) is 73.0 Å². The first kappa shape index (κ1) is 26.9. The number of hydrogen-bond acceptors (Lipinski definition) is 6. The van der Waals surface area contributed by atoms with Gasteiger partial charge in [0.25, 0.3) is 11.8 Å². The van der Waals surface area contributed by atoms with Gasteiger partial charge in [-0.1, -0.05) is 24.3 Å². The van der Waals surface area contributed by atoms with Crippen LogP contribution in [0.15, 0.2) is 48.7 Å². The van der Waals surface area contributed by atoms with Crippen LogP contribution < -0.4 is 15.4 Å². The van der Waals surface area contributed by atoms with Crippen LogP contribution in [0.4, 0.5) is 13.2 Å². The van der Waals surface area contributed by atoms with Gasteiger partial charge in [-0.05, 0) is 61.1 Å². The van der Waals surface area contributed by atoms with E-state index < -0.39 is 24.2 Å². The Morgan fingerprint density at radius 2 is 1.88 bits per heavy atom. The van der Waals surface area contributed by atoms with E-state index in [1.807, 2.05) is 13.0 Å². The van der Waals surface area contributed by atoms with E-state index >= 15 is 0 Å². The Bertz CT molecular complexity index is 1640. The fourth-order valence-corrected chi connectivity index (χ4v) is 4.92. The summed E-state index contributed by atoms with van der Waals surface area (Å²) < 4.78 is 44.5. The Labute approximate surface area is 226 Å². The summed E-state index contributed by atoms with van der Waals surface area (Å²) in [7, 11) is 0. The van der Waals surface area contributed by atoms with Crippen molar-refractivity contribution in [3.05, 3.63) is 93.7 Å². The number of amides is 2. The molecule has 2 aromatic heterocycles. The maximum Gasteiger partial charge on any atom is 0.387 e. The average molecular weight is 552 g/mol. The average Bonchev–Trinajstić information content (AvgIpc) is 3.51. The third kappa shape index (κ3) is 5.24. The minimum Gasteiger partial charge on any atom is -0.435 e. The molecule has 1 aliphatic rings. The van der Waals surface area contributed by atoms with Gasteiger partial charge in [-0.2, -0.15) is 13.9 Å². The smallest absolute Gasteiger partial charge is 0.387 e. The largest absolute Gasteiger partial charge is 0.435 e. The highest BCUT2D eigenvalue weighted by atomic mass is 19.3. The van der Waals surface area contributed by atoms with Gasteiger partial charge < -0.3 is 15.4 Å². The molecule has 206 valence electrons. The maximum atomic E-state index is 14.5. The second kappa shape index (κ2) is 10.8. The number of carbonyl (C=O) groups is 3. The third-order valence-corrected chi connectivity index (χ3v) is 6.87. The summed E-state index contributed by atoms with van der Waals surface area (Å²) in [5.41, 5.74) is 3.45. The van der Waals surface area contributed by atoms with Gasteiger partial charge in [0.05, 0.1) is 12.2 Å². The van der Waals surface area contributed by atoms with Crippen LogP contribution in [0.2, 0.25) is 0 Å². The number of benzene rings is 2. The molecule has 0 saturated carbocycles. The van der Waals surface area contributed by atoms with E-state index in [2.05, 4.69) is 25.5 Å². The first-order valence-electron chi connectivity index (χ1n) is 12.4. The maximum absolute atomic E-state index is 14.5. The standard InChI is InChI=1S/C28H24F3N5O4/c1-14-18(15(2)37)7-8-20-19(14)9-10-22(20)35-27(39)24-11-23(34-25-21(29)13-33-36(24)25)26(38)32-12-16-3-5-17(6-4-16)40-28(30)31/h3-8,11,13,22,28H,9-10,12H2,1-2H3,(H,32,38)(H,35,39)/t22-/m0/s1. The molecular weight excluding hydrogens is 527 g/mol. The molecule has 1 atom stereocenters. The van der Waals surface area contributed by atoms with Crippen LogP contribution in [0, 0.1) is 12.7 Å². The normalized spacial score (nSPS) is 14.3. The van der Waals surface area contributed by atoms with Crippen molar-refractivity contribution in [2.75, 3.05) is 0 Å². The molecule has 0 spiro atoms. The number of ketones is 1. The van der Waals surface area contributed by atoms with Crippen LogP contribution in [0.25, 0.3) is 5.65 Å². The second-order valence-electron chi connectivity index (χ2n) is 9.39. The van der Waals surface area contributed by atoms with Crippen molar-refractivity contribution in [1.82, 2.24) is 25.2 Å². The number of hydrogen-bond donors (Lipinski definition) is 2. The fraction of sp³-hybridized carbons (Fsp3) is 0.250. The number of ether oxygens (including phenoxy) is 1. The van der Waals surface area contributed by atoms with Crippen molar-refractivity contribution in [2.24, 2.45) is 0 Å². The minimum absolute atomic E-state index is 0.0182. The molecule has 12 heteroatoms. The molecule has 2 amide bonds. The van der Waals surface area contributed by atoms with E-state index in [1.54, 1.807) is 6.07 Å². The number of Topliss-reactive ketones (excluding diaryl/α,β-unsaturated/α-hetero) is 1. The molecule has 2 N–H and O–H groups in total. The fourth-order valence-electron chi connectivity index (χ4n) is 4.92. The number of aromatic nitrogens is 3. The van der Waals surface area contributed by atoms with E-state index in [0.717, 1.165) is 27.4 Å². The first-order valence-corrected chi connectivity index (χ1v) is 12.4. The third-order valence-electron chi connectivity index (χ3n) is 6.87. The highest BCUT2D eigenvalue weighted by molar-refractivity contribution is 5.99. The number of fused-ring (bicyclic) bond motifs is 2. The van der Waals surface area contributed by atoms with Gasteiger partial charge in [-0.3, -0.25) is 14.4 Å². The van der Waals surface area contributed by atoms with Gasteiger partial charge in [-0.15, -0.1) is 0 Å².